The van der Waals surface area contributed by atoms with Crippen LogP contribution in [0, 0.1) is 12.7 Å². The van der Waals surface area contributed by atoms with Gasteiger partial charge in [-0.05, 0) is 55.2 Å². The van der Waals surface area contributed by atoms with E-state index in [1.165, 1.54) is 17.6 Å². The Morgan fingerprint density at radius 1 is 1.36 bits per heavy atom. The predicted molar refractivity (Wildman–Crippen MR) is 108 cm³/mol. The van der Waals surface area contributed by atoms with Crippen molar-refractivity contribution in [1.29, 1.82) is 0 Å². The van der Waals surface area contributed by atoms with Gasteiger partial charge in [0.15, 0.2) is 0 Å². The zero-order valence-electron chi connectivity index (χ0n) is 15.5. The number of aryl methyl sites for hydroxylation is 1. The number of halogens is 1. The first-order valence-corrected chi connectivity index (χ1v) is 9.64. The smallest absolute Gasteiger partial charge is 0.246 e. The van der Waals surface area contributed by atoms with Gasteiger partial charge in [0.05, 0.1) is 25.0 Å². The highest BCUT2D eigenvalue weighted by Crippen LogP contribution is 2.35. The van der Waals surface area contributed by atoms with Crippen molar-refractivity contribution >= 4 is 28.8 Å². The molecule has 8 heteroatoms. The number of fused-ring (bicyclic) bond motifs is 1. The summed E-state index contributed by atoms with van der Waals surface area (Å²) in [5.41, 5.74) is 2.91. The summed E-state index contributed by atoms with van der Waals surface area (Å²) in [6.45, 7) is 2.39. The molecule has 0 saturated carbocycles. The molecule has 0 saturated heterocycles. The van der Waals surface area contributed by atoms with E-state index < -0.39 is 5.82 Å². The van der Waals surface area contributed by atoms with E-state index in [0.717, 1.165) is 29.0 Å². The molecular weight excluding hydrogens is 379 g/mol. The Morgan fingerprint density at radius 2 is 2.21 bits per heavy atom. The van der Waals surface area contributed by atoms with Crippen LogP contribution in [0.4, 0.5) is 15.8 Å². The molecule has 0 spiro atoms. The summed E-state index contributed by atoms with van der Waals surface area (Å²) in [5.74, 6) is 0.925. The van der Waals surface area contributed by atoms with Gasteiger partial charge in [-0.2, -0.15) is 4.37 Å². The molecule has 1 aliphatic heterocycles. The number of ether oxygens (including phenoxy) is 1. The van der Waals surface area contributed by atoms with Gasteiger partial charge in [-0.1, -0.05) is 6.07 Å². The van der Waals surface area contributed by atoms with Crippen molar-refractivity contribution in [2.45, 2.75) is 13.3 Å². The lowest BCUT2D eigenvalue weighted by atomic mass is 10.1. The van der Waals surface area contributed by atoms with E-state index in [0.29, 0.717) is 17.4 Å². The molecule has 0 bridgehead atoms. The third-order valence-corrected chi connectivity index (χ3v) is 5.53. The third-order valence-electron chi connectivity index (χ3n) is 4.68. The Hall–Kier alpha value is -3.00. The predicted octanol–water partition coefficient (Wildman–Crippen LogP) is 3.66. The average molecular weight is 398 g/mol. The molecule has 4 rings (SSSR count). The number of benzene rings is 2. The lowest BCUT2D eigenvalue weighted by molar-refractivity contribution is -0.116. The molecule has 2 heterocycles. The normalized spacial score (nSPS) is 12.8. The zero-order valence-corrected chi connectivity index (χ0v) is 16.3. The van der Waals surface area contributed by atoms with E-state index in [4.69, 9.17) is 4.74 Å². The molecule has 6 nitrogen and oxygen atoms in total. The molecule has 2 aromatic carbocycles. The van der Waals surface area contributed by atoms with Crippen LogP contribution in [0.3, 0.4) is 0 Å². The Balaban J connectivity index is 1.49. The third kappa shape index (κ3) is 3.43. The summed E-state index contributed by atoms with van der Waals surface area (Å²) < 4.78 is 23.7. The molecule has 1 aromatic heterocycles. The van der Waals surface area contributed by atoms with Gasteiger partial charge in [-0.25, -0.2) is 9.37 Å². The minimum absolute atomic E-state index is 0.00777. The minimum Gasteiger partial charge on any atom is -0.496 e. The van der Waals surface area contributed by atoms with E-state index in [1.807, 2.05) is 25.1 Å². The number of anilines is 2. The van der Waals surface area contributed by atoms with Crippen molar-refractivity contribution in [3.63, 3.8) is 0 Å². The fraction of sp³-hybridized carbons (Fsp3) is 0.250. The number of methoxy groups -OCH3 is 1. The monoisotopic (exact) mass is 398 g/mol. The van der Waals surface area contributed by atoms with E-state index >= 15 is 0 Å². The maximum atomic E-state index is 14.2. The average Bonchev–Trinajstić information content (AvgIpc) is 3.33. The fourth-order valence-electron chi connectivity index (χ4n) is 3.33. The molecule has 0 fully saturated rings. The summed E-state index contributed by atoms with van der Waals surface area (Å²) >= 11 is 1.26. The van der Waals surface area contributed by atoms with Gasteiger partial charge in [0.1, 0.15) is 22.4 Å². The number of hydrogen-bond donors (Lipinski definition) is 1. The highest BCUT2D eigenvalue weighted by molar-refractivity contribution is 7.09. The zero-order chi connectivity index (χ0) is 19.7. The van der Waals surface area contributed by atoms with Gasteiger partial charge in [-0.15, -0.1) is 0 Å². The van der Waals surface area contributed by atoms with Gasteiger partial charge in [0, 0.05) is 17.7 Å². The second-order valence-electron chi connectivity index (χ2n) is 6.45. The number of hydrogen-bond acceptors (Lipinski definition) is 6. The lowest BCUT2D eigenvalue weighted by Crippen LogP contribution is -2.34. The first-order valence-electron chi connectivity index (χ1n) is 8.87. The van der Waals surface area contributed by atoms with Crippen molar-refractivity contribution in [3.05, 3.63) is 53.6 Å². The van der Waals surface area contributed by atoms with Crippen molar-refractivity contribution < 1.29 is 13.9 Å². The Bertz CT molecular complexity index is 1040. The van der Waals surface area contributed by atoms with Crippen LogP contribution in [0.15, 0.2) is 36.4 Å². The van der Waals surface area contributed by atoms with Crippen molar-refractivity contribution in [2.24, 2.45) is 0 Å². The lowest BCUT2D eigenvalue weighted by Gasteiger charge is -2.18. The Morgan fingerprint density at radius 3 is 2.96 bits per heavy atom. The van der Waals surface area contributed by atoms with Gasteiger partial charge in [-0.3, -0.25) is 4.79 Å². The number of carbonyl (C=O) groups excluding carboxylic acids is 1. The minimum atomic E-state index is -0.415. The molecule has 0 unspecified atom stereocenters. The fourth-order valence-corrected chi connectivity index (χ4v) is 3.99. The number of nitrogens with zero attached hydrogens (tertiary/aromatic N) is 3. The van der Waals surface area contributed by atoms with Crippen LogP contribution in [0.1, 0.15) is 11.4 Å². The Kier molecular flexibility index (Phi) is 4.95. The van der Waals surface area contributed by atoms with Crippen LogP contribution in [-0.4, -0.2) is 35.5 Å². The molecule has 0 radical (unpaired) electrons. The summed E-state index contributed by atoms with van der Waals surface area (Å²) in [7, 11) is 1.62. The molecule has 0 atom stereocenters. The van der Waals surface area contributed by atoms with Crippen LogP contribution in [0.25, 0.3) is 10.6 Å². The molecule has 0 aliphatic carbocycles. The molecule has 28 heavy (non-hydrogen) atoms. The number of amides is 1. The van der Waals surface area contributed by atoms with Gasteiger partial charge in [0.2, 0.25) is 5.91 Å². The molecular formula is C20H19FN4O2S. The van der Waals surface area contributed by atoms with Crippen molar-refractivity contribution in [3.8, 4) is 16.3 Å². The topological polar surface area (TPSA) is 67.3 Å². The van der Waals surface area contributed by atoms with Crippen LogP contribution < -0.4 is 15.0 Å². The van der Waals surface area contributed by atoms with Crippen LogP contribution in [-0.2, 0) is 11.2 Å². The van der Waals surface area contributed by atoms with Crippen molar-refractivity contribution in [2.75, 3.05) is 30.4 Å². The standard InChI is InChI=1S/C20H19FN4O2S/c1-12-23-20(28-24-12)13-6-7-15(21)16(10-13)22-11-19(26)25-9-8-14-17(25)4-3-5-18(14)27-2/h3-7,10,22H,8-9,11H2,1-2H3. The summed E-state index contributed by atoms with van der Waals surface area (Å²) in [5, 5.41) is 3.64. The summed E-state index contributed by atoms with van der Waals surface area (Å²) in [6.07, 6.45) is 0.741. The molecule has 3 aromatic rings. The van der Waals surface area contributed by atoms with E-state index in [2.05, 4.69) is 14.7 Å². The molecule has 1 N–H and O–H groups in total. The number of nitrogens with one attached hydrogen (secondary N) is 1. The highest BCUT2D eigenvalue weighted by Gasteiger charge is 2.26. The van der Waals surface area contributed by atoms with Crippen LogP contribution >= 0.6 is 11.5 Å². The van der Waals surface area contributed by atoms with Gasteiger partial charge >= 0.3 is 0 Å². The quantitative estimate of drug-likeness (QED) is 0.710. The molecule has 1 amide bonds. The van der Waals surface area contributed by atoms with E-state index in [-0.39, 0.29) is 18.1 Å². The van der Waals surface area contributed by atoms with Crippen LogP contribution in [0.5, 0.6) is 5.75 Å². The molecule has 1 aliphatic rings. The summed E-state index contributed by atoms with van der Waals surface area (Å²) in [6, 6.07) is 10.3. The van der Waals surface area contributed by atoms with Gasteiger partial charge in [0.25, 0.3) is 0 Å². The Labute approximate surface area is 166 Å². The van der Waals surface area contributed by atoms with E-state index in [1.54, 1.807) is 24.1 Å². The maximum absolute atomic E-state index is 14.2. The number of carbonyl (C=O) groups is 1. The van der Waals surface area contributed by atoms with Gasteiger partial charge < -0.3 is 15.0 Å². The first kappa shape index (κ1) is 18.4. The second kappa shape index (κ2) is 7.55. The largest absolute Gasteiger partial charge is 0.496 e. The highest BCUT2D eigenvalue weighted by atomic mass is 32.1. The maximum Gasteiger partial charge on any atom is 0.246 e. The SMILES string of the molecule is COc1cccc2c1CCN2C(=O)CNc1cc(-c2nc(C)ns2)ccc1F. The summed E-state index contributed by atoms with van der Waals surface area (Å²) in [4.78, 5) is 18.8. The number of rotatable bonds is 5. The van der Waals surface area contributed by atoms with Crippen molar-refractivity contribution in [1.82, 2.24) is 9.36 Å². The van der Waals surface area contributed by atoms with Crippen LogP contribution in [0.2, 0.25) is 0 Å². The van der Waals surface area contributed by atoms with E-state index in [9.17, 15) is 9.18 Å². The second-order valence-corrected chi connectivity index (χ2v) is 7.20. The molecule has 144 valence electrons. The number of aromatic nitrogens is 2. The first-order chi connectivity index (χ1) is 13.6.